The van der Waals surface area contributed by atoms with Gasteiger partial charge in [-0.05, 0) is 31.4 Å². The summed E-state index contributed by atoms with van der Waals surface area (Å²) >= 11 is 0. The lowest BCUT2D eigenvalue weighted by atomic mass is 9.95. The predicted molar refractivity (Wildman–Crippen MR) is 81.7 cm³/mol. The molecule has 1 aliphatic rings. The van der Waals surface area contributed by atoms with Crippen molar-refractivity contribution in [3.63, 3.8) is 0 Å². The van der Waals surface area contributed by atoms with E-state index in [0.29, 0.717) is 25.9 Å². The number of carbonyl (C=O) groups is 2. The first-order valence-corrected chi connectivity index (χ1v) is 7.43. The summed E-state index contributed by atoms with van der Waals surface area (Å²) in [6, 6.07) is 8.06. The SMILES string of the molecule is CC(C)NC(=O)CCNC(=O)[C@@H]1Cc2ccccc2CN1. The van der Waals surface area contributed by atoms with Crippen molar-refractivity contribution in [1.29, 1.82) is 0 Å². The van der Waals surface area contributed by atoms with Crippen LogP contribution in [-0.2, 0) is 22.6 Å². The van der Waals surface area contributed by atoms with Gasteiger partial charge in [0.2, 0.25) is 11.8 Å². The normalized spacial score (nSPS) is 17.2. The van der Waals surface area contributed by atoms with Gasteiger partial charge in [-0.3, -0.25) is 9.59 Å². The van der Waals surface area contributed by atoms with Crippen LogP contribution in [0.2, 0.25) is 0 Å². The fourth-order valence-corrected chi connectivity index (χ4v) is 2.46. The molecule has 0 fully saturated rings. The number of nitrogens with one attached hydrogen (secondary N) is 3. The standard InChI is InChI=1S/C16H23N3O2/c1-11(2)19-15(20)7-8-17-16(21)14-9-12-5-3-4-6-13(12)10-18-14/h3-6,11,14,18H,7-10H2,1-2H3,(H,17,21)(H,19,20)/t14-/m0/s1. The minimum Gasteiger partial charge on any atom is -0.354 e. The molecule has 2 rings (SSSR count). The summed E-state index contributed by atoms with van der Waals surface area (Å²) in [5, 5.41) is 8.86. The quantitative estimate of drug-likeness (QED) is 0.748. The smallest absolute Gasteiger partial charge is 0.237 e. The number of amides is 2. The van der Waals surface area contributed by atoms with E-state index >= 15 is 0 Å². The molecule has 0 bridgehead atoms. The summed E-state index contributed by atoms with van der Waals surface area (Å²) in [6.07, 6.45) is 1.01. The highest BCUT2D eigenvalue weighted by Crippen LogP contribution is 2.16. The van der Waals surface area contributed by atoms with Crippen LogP contribution >= 0.6 is 0 Å². The molecule has 1 atom stereocenters. The van der Waals surface area contributed by atoms with Gasteiger partial charge >= 0.3 is 0 Å². The molecule has 0 saturated carbocycles. The average Bonchev–Trinajstić information content (AvgIpc) is 2.45. The summed E-state index contributed by atoms with van der Waals surface area (Å²) in [4.78, 5) is 23.6. The van der Waals surface area contributed by atoms with Gasteiger partial charge in [-0.1, -0.05) is 24.3 Å². The molecule has 5 heteroatoms. The molecule has 1 aromatic carbocycles. The van der Waals surface area contributed by atoms with E-state index in [1.807, 2.05) is 26.0 Å². The monoisotopic (exact) mass is 289 g/mol. The van der Waals surface area contributed by atoms with E-state index in [1.165, 1.54) is 11.1 Å². The molecular formula is C16H23N3O2. The van der Waals surface area contributed by atoms with E-state index in [9.17, 15) is 9.59 Å². The summed E-state index contributed by atoms with van der Waals surface area (Å²) in [5.74, 6) is -0.0749. The third kappa shape index (κ3) is 4.56. The highest BCUT2D eigenvalue weighted by atomic mass is 16.2. The number of hydrogen-bond acceptors (Lipinski definition) is 3. The highest BCUT2D eigenvalue weighted by molar-refractivity contribution is 5.83. The number of hydrogen-bond donors (Lipinski definition) is 3. The molecule has 2 amide bonds. The van der Waals surface area contributed by atoms with Crippen LogP contribution in [0.1, 0.15) is 31.4 Å². The molecule has 0 aromatic heterocycles. The second kappa shape index (κ2) is 7.22. The third-order valence-electron chi connectivity index (χ3n) is 3.50. The second-order valence-corrected chi connectivity index (χ2v) is 5.67. The van der Waals surface area contributed by atoms with E-state index in [4.69, 9.17) is 0 Å². The lowest BCUT2D eigenvalue weighted by Crippen LogP contribution is -2.48. The molecule has 5 nitrogen and oxygen atoms in total. The summed E-state index contributed by atoms with van der Waals surface area (Å²) in [6.45, 7) is 4.92. The molecule has 0 saturated heterocycles. The Morgan fingerprint density at radius 1 is 1.29 bits per heavy atom. The number of benzene rings is 1. The van der Waals surface area contributed by atoms with Crippen molar-refractivity contribution >= 4 is 11.8 Å². The second-order valence-electron chi connectivity index (χ2n) is 5.67. The van der Waals surface area contributed by atoms with E-state index < -0.39 is 0 Å². The van der Waals surface area contributed by atoms with Crippen LogP contribution in [-0.4, -0.2) is 30.4 Å². The van der Waals surface area contributed by atoms with Crippen molar-refractivity contribution < 1.29 is 9.59 Å². The molecule has 0 aliphatic carbocycles. The van der Waals surface area contributed by atoms with Gasteiger partial charge in [0, 0.05) is 25.6 Å². The lowest BCUT2D eigenvalue weighted by molar-refractivity contribution is -0.124. The first-order valence-electron chi connectivity index (χ1n) is 7.43. The summed E-state index contributed by atoms with van der Waals surface area (Å²) in [5.41, 5.74) is 2.46. The Bertz CT molecular complexity index is 514. The van der Waals surface area contributed by atoms with Gasteiger partial charge < -0.3 is 16.0 Å². The van der Waals surface area contributed by atoms with Gasteiger partial charge in [0.1, 0.15) is 0 Å². The Labute approximate surface area is 125 Å². The molecule has 1 aliphatic heterocycles. The molecule has 0 spiro atoms. The zero-order chi connectivity index (χ0) is 15.2. The largest absolute Gasteiger partial charge is 0.354 e. The Balaban J connectivity index is 1.76. The van der Waals surface area contributed by atoms with Crippen molar-refractivity contribution in [2.24, 2.45) is 0 Å². The number of fused-ring (bicyclic) bond motifs is 1. The third-order valence-corrected chi connectivity index (χ3v) is 3.50. The topological polar surface area (TPSA) is 70.2 Å². The lowest BCUT2D eigenvalue weighted by Gasteiger charge is -2.25. The van der Waals surface area contributed by atoms with Gasteiger partial charge in [0.25, 0.3) is 0 Å². The molecule has 114 valence electrons. The highest BCUT2D eigenvalue weighted by Gasteiger charge is 2.23. The summed E-state index contributed by atoms with van der Waals surface area (Å²) in [7, 11) is 0. The van der Waals surface area contributed by atoms with Gasteiger partial charge in [-0.25, -0.2) is 0 Å². The minimum atomic E-state index is -0.215. The maximum atomic E-state index is 12.1. The van der Waals surface area contributed by atoms with Crippen molar-refractivity contribution in [2.45, 2.75) is 45.3 Å². The van der Waals surface area contributed by atoms with E-state index in [0.717, 1.165) is 0 Å². The van der Waals surface area contributed by atoms with Gasteiger partial charge in [0.15, 0.2) is 0 Å². The van der Waals surface area contributed by atoms with Crippen LogP contribution in [0.4, 0.5) is 0 Å². The van der Waals surface area contributed by atoms with Crippen LogP contribution in [0.3, 0.4) is 0 Å². The van der Waals surface area contributed by atoms with Gasteiger partial charge in [-0.2, -0.15) is 0 Å². The van der Waals surface area contributed by atoms with E-state index in [1.54, 1.807) is 0 Å². The predicted octanol–water partition coefficient (Wildman–Crippen LogP) is 0.732. The molecule has 21 heavy (non-hydrogen) atoms. The van der Waals surface area contributed by atoms with Crippen molar-refractivity contribution in [3.8, 4) is 0 Å². The zero-order valence-corrected chi connectivity index (χ0v) is 12.6. The number of carbonyl (C=O) groups excluding carboxylic acids is 2. The van der Waals surface area contributed by atoms with Crippen LogP contribution in [0, 0.1) is 0 Å². The van der Waals surface area contributed by atoms with Crippen LogP contribution in [0.25, 0.3) is 0 Å². The van der Waals surface area contributed by atoms with Crippen molar-refractivity contribution in [2.75, 3.05) is 6.54 Å². The first-order chi connectivity index (χ1) is 10.1. The van der Waals surface area contributed by atoms with Crippen molar-refractivity contribution in [3.05, 3.63) is 35.4 Å². The average molecular weight is 289 g/mol. The van der Waals surface area contributed by atoms with Crippen molar-refractivity contribution in [1.82, 2.24) is 16.0 Å². The van der Waals surface area contributed by atoms with Crippen LogP contribution < -0.4 is 16.0 Å². The molecule has 1 heterocycles. The Hall–Kier alpha value is -1.88. The Morgan fingerprint density at radius 2 is 2.00 bits per heavy atom. The first kappa shape index (κ1) is 15.5. The number of rotatable bonds is 5. The molecule has 1 aromatic rings. The fourth-order valence-electron chi connectivity index (χ4n) is 2.46. The Kier molecular flexibility index (Phi) is 5.33. The van der Waals surface area contributed by atoms with Crippen LogP contribution in [0.5, 0.6) is 0 Å². The van der Waals surface area contributed by atoms with E-state index in [2.05, 4.69) is 28.1 Å². The van der Waals surface area contributed by atoms with Gasteiger partial charge in [-0.15, -0.1) is 0 Å². The molecule has 3 N–H and O–H groups in total. The maximum absolute atomic E-state index is 12.1. The summed E-state index contributed by atoms with van der Waals surface area (Å²) < 4.78 is 0. The maximum Gasteiger partial charge on any atom is 0.237 e. The fraction of sp³-hybridized carbons (Fsp3) is 0.500. The zero-order valence-electron chi connectivity index (χ0n) is 12.6. The van der Waals surface area contributed by atoms with E-state index in [-0.39, 0.29) is 23.9 Å². The molecule has 0 unspecified atom stereocenters. The van der Waals surface area contributed by atoms with Gasteiger partial charge in [0.05, 0.1) is 6.04 Å². The Morgan fingerprint density at radius 3 is 2.71 bits per heavy atom. The minimum absolute atomic E-state index is 0.0350. The molecular weight excluding hydrogens is 266 g/mol. The van der Waals surface area contributed by atoms with Crippen LogP contribution in [0.15, 0.2) is 24.3 Å². The molecule has 0 radical (unpaired) electrons.